The van der Waals surface area contributed by atoms with Crippen molar-refractivity contribution in [2.75, 3.05) is 0 Å². The Balaban J connectivity index is 0.000000409. The summed E-state index contributed by atoms with van der Waals surface area (Å²) in [7, 11) is 0. The summed E-state index contributed by atoms with van der Waals surface area (Å²) >= 11 is 0. The number of hydrogen-bond donors (Lipinski definition) is 4. The topological polar surface area (TPSA) is 138 Å². The van der Waals surface area contributed by atoms with Gasteiger partial charge in [0.1, 0.15) is 5.75 Å². The molecule has 0 saturated carbocycles. The number of carbonyl (C=O) groups excluding carboxylic acids is 2. The Kier molecular flexibility index (Phi) is 9.50. The second kappa shape index (κ2) is 10.5. The molecule has 2 aromatic heterocycles. The third-order valence-electron chi connectivity index (χ3n) is 2.72. The van der Waals surface area contributed by atoms with Crippen molar-refractivity contribution in [1.82, 2.24) is 15.4 Å². The fourth-order valence-electron chi connectivity index (χ4n) is 1.50. The summed E-state index contributed by atoms with van der Waals surface area (Å²) < 4.78 is 0. The van der Waals surface area contributed by atoms with E-state index >= 15 is 0 Å². The molecule has 23 heavy (non-hydrogen) atoms. The molecule has 2 rings (SSSR count). The summed E-state index contributed by atoms with van der Waals surface area (Å²) in [4.78, 5) is 28.7. The van der Waals surface area contributed by atoms with Gasteiger partial charge in [-0.05, 0) is 19.1 Å². The van der Waals surface area contributed by atoms with Crippen molar-refractivity contribution in [3.8, 4) is 5.75 Å². The van der Waals surface area contributed by atoms with Gasteiger partial charge in [-0.1, -0.05) is 0 Å². The van der Waals surface area contributed by atoms with Crippen LogP contribution in [0.1, 0.15) is 32.0 Å². The summed E-state index contributed by atoms with van der Waals surface area (Å²) in [5.41, 5.74) is 3.37. The van der Waals surface area contributed by atoms with Crippen molar-refractivity contribution >= 4 is 32.0 Å². The Morgan fingerprint density at radius 1 is 1.39 bits per heavy atom. The third-order valence-corrected chi connectivity index (χ3v) is 2.72. The molecule has 0 aliphatic carbocycles. The van der Waals surface area contributed by atoms with Crippen LogP contribution in [-0.2, 0) is 6.61 Å². The molecule has 0 spiro atoms. The van der Waals surface area contributed by atoms with Crippen molar-refractivity contribution in [2.45, 2.75) is 13.5 Å². The molecule has 8 nitrogen and oxygen atoms in total. The summed E-state index contributed by atoms with van der Waals surface area (Å²) in [5.74, 6) is 4.42. The molecular formula is C14H19GaN4O4. The van der Waals surface area contributed by atoms with Gasteiger partial charge in [0.15, 0.2) is 6.29 Å². The summed E-state index contributed by atoms with van der Waals surface area (Å²) in [6.07, 6.45) is 4.95. The maximum absolute atomic E-state index is 10.7. The van der Waals surface area contributed by atoms with Crippen LogP contribution >= 0.6 is 0 Å². The van der Waals surface area contributed by atoms with E-state index in [2.05, 4.69) is 9.97 Å². The third kappa shape index (κ3) is 5.83. The number of nitrogens with one attached hydrogen (secondary N) is 1. The van der Waals surface area contributed by atoms with Gasteiger partial charge >= 0.3 is 19.8 Å². The Labute approximate surface area is 145 Å². The zero-order valence-corrected chi connectivity index (χ0v) is 11.9. The molecule has 0 bridgehead atoms. The maximum atomic E-state index is 10.7. The number of carbonyl (C=O) groups is 2. The second-order valence-corrected chi connectivity index (χ2v) is 4.12. The Morgan fingerprint density at radius 3 is 2.48 bits per heavy atom. The van der Waals surface area contributed by atoms with Crippen LogP contribution in [0.15, 0.2) is 30.7 Å². The van der Waals surface area contributed by atoms with E-state index < -0.39 is 0 Å². The van der Waals surface area contributed by atoms with E-state index in [-0.39, 0.29) is 43.6 Å². The van der Waals surface area contributed by atoms with Crippen LogP contribution in [0.3, 0.4) is 0 Å². The predicted octanol–water partition coefficient (Wildman–Crippen LogP) is -1.10. The van der Waals surface area contributed by atoms with Gasteiger partial charge in [0.2, 0.25) is 0 Å². The second-order valence-electron chi connectivity index (χ2n) is 4.12. The number of hydrazine groups is 1. The molecule has 0 saturated heterocycles. The molecule has 0 unspecified atom stereocenters. The molecule has 2 heterocycles. The number of aliphatic hydroxyl groups is 1. The number of nitrogens with two attached hydrogens (primary N) is 1. The fourth-order valence-corrected chi connectivity index (χ4v) is 1.50. The van der Waals surface area contributed by atoms with Gasteiger partial charge in [-0.15, -0.1) is 0 Å². The van der Waals surface area contributed by atoms with Crippen molar-refractivity contribution in [1.29, 1.82) is 0 Å². The van der Waals surface area contributed by atoms with Crippen LogP contribution in [0.4, 0.5) is 0 Å². The van der Waals surface area contributed by atoms with Crippen molar-refractivity contribution in [3.05, 3.63) is 53.1 Å². The number of aliphatic hydroxyl groups excluding tert-OH is 1. The van der Waals surface area contributed by atoms with Crippen LogP contribution in [0.25, 0.3) is 0 Å². The summed E-state index contributed by atoms with van der Waals surface area (Å²) in [6, 6.07) is 3.17. The van der Waals surface area contributed by atoms with Gasteiger partial charge in [0.05, 0.1) is 17.9 Å². The van der Waals surface area contributed by atoms with Gasteiger partial charge in [-0.2, -0.15) is 0 Å². The van der Waals surface area contributed by atoms with E-state index in [1.165, 1.54) is 18.6 Å². The zero-order valence-electron chi connectivity index (χ0n) is 11.9. The quantitative estimate of drug-likeness (QED) is 0.175. The fraction of sp³-hybridized carbons (Fsp3) is 0.143. The van der Waals surface area contributed by atoms with Crippen molar-refractivity contribution in [2.24, 2.45) is 5.84 Å². The number of aldehydes is 1. The molecule has 0 aliphatic rings. The Morgan fingerprint density at radius 2 is 2.00 bits per heavy atom. The minimum atomic E-state index is -0.303. The molecule has 0 fully saturated rings. The van der Waals surface area contributed by atoms with Crippen LogP contribution in [0.5, 0.6) is 5.75 Å². The van der Waals surface area contributed by atoms with Crippen LogP contribution in [0, 0.1) is 6.92 Å². The van der Waals surface area contributed by atoms with E-state index in [0.717, 1.165) is 0 Å². The molecule has 0 aliphatic heterocycles. The van der Waals surface area contributed by atoms with Crippen LogP contribution in [0.2, 0.25) is 0 Å². The minimum absolute atomic E-state index is 0. The molecule has 0 radical (unpaired) electrons. The SMILES string of the molecule is Cc1ncc(CO)c(C=O)c1O.NNC(=O)c1ccncc1.[GaH3]. The number of nitrogen functional groups attached to an aromatic ring is 1. The molecule has 0 atom stereocenters. The number of aromatic hydroxyl groups is 1. The first kappa shape index (κ1) is 20.8. The molecule has 2 aromatic rings. The molecule has 122 valence electrons. The Hall–Kier alpha value is -2.20. The number of hydrogen-bond acceptors (Lipinski definition) is 7. The average molecular weight is 377 g/mol. The number of amides is 1. The summed E-state index contributed by atoms with van der Waals surface area (Å²) in [6.45, 7) is 1.29. The van der Waals surface area contributed by atoms with E-state index in [0.29, 0.717) is 23.1 Å². The first-order chi connectivity index (χ1) is 10.5. The molecule has 0 aromatic carbocycles. The van der Waals surface area contributed by atoms with Gasteiger partial charge < -0.3 is 10.2 Å². The standard InChI is InChI=1S/C8H9NO3.C6H7N3O.Ga.3H/c1-5-8(12)7(4-11)6(3-10)2-9-5;7-9-6(10)5-1-3-8-4-2-5;;;;/h2,4,10,12H,3H2,1H3;1-4H,7H2,(H,9,10);;;;. The predicted molar refractivity (Wildman–Crippen MR) is 87.8 cm³/mol. The molecular weight excluding hydrogens is 358 g/mol. The molecule has 5 N–H and O–H groups in total. The number of aromatic nitrogens is 2. The van der Waals surface area contributed by atoms with Crippen molar-refractivity contribution in [3.63, 3.8) is 0 Å². The van der Waals surface area contributed by atoms with E-state index in [9.17, 15) is 14.7 Å². The number of nitrogens with zero attached hydrogens (tertiary/aromatic N) is 2. The summed E-state index contributed by atoms with van der Waals surface area (Å²) in [5, 5.41) is 18.1. The monoisotopic (exact) mass is 376 g/mol. The van der Waals surface area contributed by atoms with Gasteiger partial charge in [-0.25, -0.2) is 5.84 Å². The van der Waals surface area contributed by atoms with Crippen LogP contribution in [-0.4, -0.2) is 52.2 Å². The van der Waals surface area contributed by atoms with Crippen LogP contribution < -0.4 is 11.3 Å². The molecule has 1 amide bonds. The van der Waals surface area contributed by atoms with E-state index in [1.54, 1.807) is 19.1 Å². The number of aryl methyl sites for hydroxylation is 1. The normalized spacial score (nSPS) is 9.00. The Bertz CT molecular complexity index is 653. The van der Waals surface area contributed by atoms with E-state index in [4.69, 9.17) is 10.9 Å². The number of pyridine rings is 2. The zero-order chi connectivity index (χ0) is 16.5. The van der Waals surface area contributed by atoms with E-state index in [1.807, 2.05) is 5.43 Å². The first-order valence-electron chi connectivity index (χ1n) is 6.19. The molecule has 9 heteroatoms. The van der Waals surface area contributed by atoms with Gasteiger partial charge in [0, 0.05) is 29.7 Å². The number of rotatable bonds is 3. The average Bonchev–Trinajstić information content (AvgIpc) is 2.57. The van der Waals surface area contributed by atoms with Gasteiger partial charge in [0.25, 0.3) is 5.91 Å². The first-order valence-corrected chi connectivity index (χ1v) is 6.19. The van der Waals surface area contributed by atoms with Crippen molar-refractivity contribution < 1.29 is 19.8 Å². The van der Waals surface area contributed by atoms with Gasteiger partial charge in [-0.3, -0.25) is 25.0 Å².